The minimum atomic E-state index is -0.539. The van der Waals surface area contributed by atoms with Gasteiger partial charge < -0.3 is 14.5 Å². The zero-order valence-electron chi connectivity index (χ0n) is 17.0. The Morgan fingerprint density at radius 1 is 1.14 bits per heavy atom. The SMILES string of the molecule is CCOC(=O)C1=C(C)NC2=C(C(=O)C[C@@H](c3ccccc3)C2)[C@@H]1c1ccc(C)o1. The number of Topliss-reactive ketones (excluding diaryl/α,β-unsaturated/α-hetero) is 1. The maximum Gasteiger partial charge on any atom is 0.336 e. The summed E-state index contributed by atoms with van der Waals surface area (Å²) in [5.74, 6) is 0.550. The summed E-state index contributed by atoms with van der Waals surface area (Å²) >= 11 is 0. The Morgan fingerprint density at radius 3 is 2.55 bits per heavy atom. The first-order valence-corrected chi connectivity index (χ1v) is 10.0. The molecule has 1 N–H and O–H groups in total. The Hall–Kier alpha value is -3.08. The first kappa shape index (κ1) is 19.2. The van der Waals surface area contributed by atoms with Gasteiger partial charge in [0.2, 0.25) is 0 Å². The van der Waals surface area contributed by atoms with E-state index in [9.17, 15) is 9.59 Å². The Balaban J connectivity index is 1.79. The van der Waals surface area contributed by atoms with Gasteiger partial charge in [-0.1, -0.05) is 30.3 Å². The molecular weight excluding hydrogens is 366 g/mol. The molecule has 1 aliphatic heterocycles. The largest absolute Gasteiger partial charge is 0.465 e. The van der Waals surface area contributed by atoms with Crippen molar-refractivity contribution in [2.24, 2.45) is 0 Å². The third kappa shape index (κ3) is 3.53. The van der Waals surface area contributed by atoms with Crippen molar-refractivity contribution in [2.75, 3.05) is 6.61 Å². The van der Waals surface area contributed by atoms with E-state index >= 15 is 0 Å². The van der Waals surface area contributed by atoms with Crippen molar-refractivity contribution >= 4 is 11.8 Å². The van der Waals surface area contributed by atoms with Crippen molar-refractivity contribution in [2.45, 2.75) is 45.4 Å². The molecule has 5 nitrogen and oxygen atoms in total. The van der Waals surface area contributed by atoms with Crippen LogP contribution in [0.5, 0.6) is 0 Å². The standard InChI is InChI=1S/C24H25NO4/c1-4-28-24(27)21-15(3)25-18-12-17(16-8-6-5-7-9-16)13-19(26)22(18)23(21)20-11-10-14(2)29-20/h5-11,17,23,25H,4,12-13H2,1-3H3/t17-,23+/m0/s1. The van der Waals surface area contributed by atoms with Gasteiger partial charge in [0.15, 0.2) is 5.78 Å². The van der Waals surface area contributed by atoms with Gasteiger partial charge in [0, 0.05) is 23.4 Å². The number of rotatable bonds is 4. The lowest BCUT2D eigenvalue weighted by atomic mass is 9.73. The van der Waals surface area contributed by atoms with Gasteiger partial charge in [-0.15, -0.1) is 0 Å². The van der Waals surface area contributed by atoms with Crippen LogP contribution in [0.2, 0.25) is 0 Å². The number of hydrogen-bond donors (Lipinski definition) is 1. The summed E-state index contributed by atoms with van der Waals surface area (Å²) in [6.07, 6.45) is 1.13. The van der Waals surface area contributed by atoms with Crippen molar-refractivity contribution in [1.29, 1.82) is 0 Å². The van der Waals surface area contributed by atoms with Crippen LogP contribution in [0.1, 0.15) is 55.6 Å². The number of carbonyl (C=O) groups is 2. The summed E-state index contributed by atoms with van der Waals surface area (Å²) in [7, 11) is 0. The van der Waals surface area contributed by atoms with Crippen LogP contribution in [0, 0.1) is 6.92 Å². The van der Waals surface area contributed by atoms with Gasteiger partial charge in [0.1, 0.15) is 11.5 Å². The van der Waals surface area contributed by atoms with Gasteiger partial charge in [-0.2, -0.15) is 0 Å². The third-order valence-corrected chi connectivity index (χ3v) is 5.64. The number of benzene rings is 1. The van der Waals surface area contributed by atoms with E-state index in [0.717, 1.165) is 17.0 Å². The molecule has 0 saturated carbocycles. The molecular formula is C24H25NO4. The molecule has 1 aliphatic carbocycles. The van der Waals surface area contributed by atoms with Crippen molar-refractivity contribution in [3.8, 4) is 0 Å². The predicted molar refractivity (Wildman–Crippen MR) is 109 cm³/mol. The molecule has 2 atom stereocenters. The molecule has 0 saturated heterocycles. The fraction of sp³-hybridized carbons (Fsp3) is 0.333. The van der Waals surface area contributed by atoms with Crippen LogP contribution >= 0.6 is 0 Å². The number of ether oxygens (including phenoxy) is 1. The van der Waals surface area contributed by atoms with E-state index in [1.165, 1.54) is 0 Å². The van der Waals surface area contributed by atoms with E-state index in [2.05, 4.69) is 17.4 Å². The minimum Gasteiger partial charge on any atom is -0.465 e. The Labute approximate surface area is 170 Å². The molecule has 5 heteroatoms. The molecule has 1 aromatic heterocycles. The molecule has 2 aliphatic rings. The zero-order valence-corrected chi connectivity index (χ0v) is 17.0. The fourth-order valence-electron chi connectivity index (χ4n) is 4.37. The summed E-state index contributed by atoms with van der Waals surface area (Å²) in [4.78, 5) is 26.1. The zero-order chi connectivity index (χ0) is 20.5. The minimum absolute atomic E-state index is 0.0426. The maximum absolute atomic E-state index is 13.3. The highest BCUT2D eigenvalue weighted by molar-refractivity contribution is 6.04. The topological polar surface area (TPSA) is 68.5 Å². The fourth-order valence-corrected chi connectivity index (χ4v) is 4.37. The first-order valence-electron chi connectivity index (χ1n) is 10.0. The van der Waals surface area contributed by atoms with Crippen LogP contribution in [0.4, 0.5) is 0 Å². The molecule has 0 spiro atoms. The number of furan rings is 1. The average molecular weight is 391 g/mol. The number of aryl methyl sites for hydroxylation is 1. The van der Waals surface area contributed by atoms with E-state index in [1.807, 2.05) is 44.2 Å². The lowest BCUT2D eigenvalue weighted by Crippen LogP contribution is -2.36. The van der Waals surface area contributed by atoms with E-state index in [1.54, 1.807) is 6.92 Å². The molecule has 0 radical (unpaired) electrons. The van der Waals surface area contributed by atoms with Gasteiger partial charge in [-0.3, -0.25) is 4.79 Å². The maximum atomic E-state index is 13.3. The Bertz CT molecular complexity index is 1010. The molecule has 2 heterocycles. The monoisotopic (exact) mass is 391 g/mol. The van der Waals surface area contributed by atoms with E-state index < -0.39 is 11.9 Å². The highest BCUT2D eigenvalue weighted by Crippen LogP contribution is 2.45. The second-order valence-electron chi connectivity index (χ2n) is 7.60. The van der Waals surface area contributed by atoms with Crippen LogP contribution in [0.25, 0.3) is 0 Å². The summed E-state index contributed by atoms with van der Waals surface area (Å²) in [6.45, 7) is 5.76. The van der Waals surface area contributed by atoms with Crippen LogP contribution in [0.3, 0.4) is 0 Å². The van der Waals surface area contributed by atoms with Gasteiger partial charge >= 0.3 is 5.97 Å². The first-order chi connectivity index (χ1) is 14.0. The molecule has 0 amide bonds. The summed E-state index contributed by atoms with van der Waals surface area (Å²) < 4.78 is 11.2. The van der Waals surface area contributed by atoms with Crippen LogP contribution in [0.15, 0.2) is 69.4 Å². The van der Waals surface area contributed by atoms with Crippen molar-refractivity contribution in [3.63, 3.8) is 0 Å². The number of esters is 1. The van der Waals surface area contributed by atoms with Crippen LogP contribution < -0.4 is 5.32 Å². The molecule has 4 rings (SSSR count). The lowest BCUT2D eigenvalue weighted by Gasteiger charge is -2.35. The van der Waals surface area contributed by atoms with Crippen LogP contribution in [-0.4, -0.2) is 18.4 Å². The number of nitrogens with one attached hydrogen (secondary N) is 1. The van der Waals surface area contributed by atoms with Gasteiger partial charge in [0.25, 0.3) is 0 Å². The number of allylic oxidation sites excluding steroid dienone is 3. The quantitative estimate of drug-likeness (QED) is 0.777. The molecule has 1 aromatic carbocycles. The van der Waals surface area contributed by atoms with Crippen molar-refractivity contribution in [3.05, 3.63) is 82.1 Å². The summed E-state index contributed by atoms with van der Waals surface area (Å²) in [5.41, 5.74) is 3.81. The lowest BCUT2D eigenvalue weighted by molar-refractivity contribution is -0.138. The van der Waals surface area contributed by atoms with Gasteiger partial charge in [-0.05, 0) is 50.8 Å². The highest BCUT2D eigenvalue weighted by Gasteiger charge is 2.42. The van der Waals surface area contributed by atoms with E-state index in [0.29, 0.717) is 35.4 Å². The van der Waals surface area contributed by atoms with E-state index in [-0.39, 0.29) is 18.3 Å². The van der Waals surface area contributed by atoms with Crippen LogP contribution in [-0.2, 0) is 14.3 Å². The second-order valence-corrected chi connectivity index (χ2v) is 7.60. The molecule has 2 aromatic rings. The van der Waals surface area contributed by atoms with E-state index in [4.69, 9.17) is 9.15 Å². The summed E-state index contributed by atoms with van der Waals surface area (Å²) in [5, 5.41) is 3.34. The third-order valence-electron chi connectivity index (χ3n) is 5.64. The second kappa shape index (κ2) is 7.74. The molecule has 0 unspecified atom stereocenters. The molecule has 150 valence electrons. The average Bonchev–Trinajstić information content (AvgIpc) is 3.13. The normalized spacial score (nSPS) is 21.7. The van der Waals surface area contributed by atoms with Crippen molar-refractivity contribution < 1.29 is 18.7 Å². The molecule has 29 heavy (non-hydrogen) atoms. The molecule has 0 fully saturated rings. The number of carbonyl (C=O) groups excluding carboxylic acids is 2. The Morgan fingerprint density at radius 2 is 1.90 bits per heavy atom. The van der Waals surface area contributed by atoms with Crippen molar-refractivity contribution in [1.82, 2.24) is 5.32 Å². The smallest absolute Gasteiger partial charge is 0.336 e. The molecule has 0 bridgehead atoms. The Kier molecular flexibility index (Phi) is 5.14. The van der Waals surface area contributed by atoms with Gasteiger partial charge in [0.05, 0.1) is 18.1 Å². The predicted octanol–water partition coefficient (Wildman–Crippen LogP) is 4.51. The van der Waals surface area contributed by atoms with Gasteiger partial charge in [-0.25, -0.2) is 4.79 Å². The number of hydrogen-bond acceptors (Lipinski definition) is 5. The summed E-state index contributed by atoms with van der Waals surface area (Å²) in [6, 6.07) is 13.8. The number of dihydropyridines is 1. The highest BCUT2D eigenvalue weighted by atomic mass is 16.5. The number of ketones is 1.